The zero-order chi connectivity index (χ0) is 22.5. The van der Waals surface area contributed by atoms with Crippen molar-refractivity contribution in [1.82, 2.24) is 24.9 Å². The summed E-state index contributed by atoms with van der Waals surface area (Å²) in [6.45, 7) is 3.30. The minimum atomic E-state index is -0.105. The molecular formula is C25H25N5O2S. The number of benzene rings is 2. The number of carbonyl (C=O) groups excluding carboxylic acids is 2. The average molecular weight is 460 g/mol. The van der Waals surface area contributed by atoms with Crippen LogP contribution in [0.1, 0.15) is 33.6 Å². The summed E-state index contributed by atoms with van der Waals surface area (Å²) in [5.74, 6) is 0.516. The molecule has 3 saturated heterocycles. The fraction of sp³-hybridized carbons (Fsp3) is 0.320. The van der Waals surface area contributed by atoms with Gasteiger partial charge in [0.1, 0.15) is 0 Å². The number of rotatable bonds is 4. The van der Waals surface area contributed by atoms with Crippen molar-refractivity contribution in [2.24, 2.45) is 5.92 Å². The lowest BCUT2D eigenvalue weighted by molar-refractivity contribution is 0.0620. The zero-order valence-corrected chi connectivity index (χ0v) is 19.2. The average Bonchev–Trinajstić information content (AvgIpc) is 3.42. The third-order valence-corrected chi connectivity index (χ3v) is 8.02. The Labute approximate surface area is 195 Å². The van der Waals surface area contributed by atoms with Crippen molar-refractivity contribution in [2.75, 3.05) is 26.7 Å². The number of carbonyl (C=O) groups is 2. The molecule has 2 N–H and O–H groups in total. The Kier molecular flexibility index (Phi) is 4.92. The molecule has 3 aliphatic rings. The van der Waals surface area contributed by atoms with Crippen LogP contribution in [0.2, 0.25) is 0 Å². The summed E-state index contributed by atoms with van der Waals surface area (Å²) in [4.78, 5) is 32.8. The molecule has 168 valence electrons. The van der Waals surface area contributed by atoms with E-state index in [0.717, 1.165) is 46.1 Å². The largest absolute Gasteiger partial charge is 0.355 e. The standard InChI is InChI=1S/C25H25N5O2S/c1-26-23(31)17-4-2-15(3-5-17)20-14-30-21-7-6-18(12-22(21)33-25(30)28-20)24(32)27-19-13-29-10-8-16(19)9-11-29/h2-7,12,14,16,19H,8-11,13H2,1H3,(H,26,31)(H,27,32)/t19-/m1/s1. The van der Waals surface area contributed by atoms with Crippen molar-refractivity contribution >= 4 is 38.3 Å². The molecule has 2 bridgehead atoms. The predicted octanol–water partition coefficient (Wildman–Crippen LogP) is 3.40. The smallest absolute Gasteiger partial charge is 0.251 e. The predicted molar refractivity (Wildman–Crippen MR) is 130 cm³/mol. The third kappa shape index (κ3) is 3.59. The number of imidazole rings is 1. The summed E-state index contributed by atoms with van der Waals surface area (Å²) in [6.07, 6.45) is 4.38. The SMILES string of the molecule is CNC(=O)c1ccc(-c2cn3c(n2)sc2cc(C(=O)N[C@@H]4CN5CCC4CC5)ccc23)cc1. The molecule has 8 heteroatoms. The molecule has 0 unspecified atom stereocenters. The Morgan fingerprint density at radius 1 is 1.03 bits per heavy atom. The van der Waals surface area contributed by atoms with Gasteiger partial charge in [0.25, 0.3) is 11.8 Å². The Bertz CT molecular complexity index is 1360. The van der Waals surface area contributed by atoms with Crippen LogP contribution >= 0.6 is 11.3 Å². The van der Waals surface area contributed by atoms with Crippen LogP contribution in [0, 0.1) is 5.92 Å². The molecule has 7 rings (SSSR count). The van der Waals surface area contributed by atoms with Crippen molar-refractivity contribution in [3.8, 4) is 11.3 Å². The summed E-state index contributed by atoms with van der Waals surface area (Å²) in [6, 6.07) is 13.6. The van der Waals surface area contributed by atoms with Crippen molar-refractivity contribution in [3.05, 3.63) is 59.8 Å². The van der Waals surface area contributed by atoms with Crippen LogP contribution < -0.4 is 10.6 Å². The molecule has 2 aromatic carbocycles. The minimum Gasteiger partial charge on any atom is -0.355 e. The molecule has 0 spiro atoms. The first-order chi connectivity index (χ1) is 16.1. The summed E-state index contributed by atoms with van der Waals surface area (Å²) >= 11 is 1.58. The van der Waals surface area contributed by atoms with Crippen molar-refractivity contribution < 1.29 is 9.59 Å². The van der Waals surface area contributed by atoms with E-state index in [1.807, 2.05) is 36.5 Å². The topological polar surface area (TPSA) is 78.7 Å². The maximum Gasteiger partial charge on any atom is 0.251 e. The lowest BCUT2D eigenvalue weighted by atomic mass is 9.84. The number of piperidine rings is 3. The molecule has 3 fully saturated rings. The number of hydrogen-bond acceptors (Lipinski definition) is 5. The molecule has 3 aliphatic heterocycles. The van der Waals surface area contributed by atoms with Crippen LogP contribution in [0.25, 0.3) is 26.4 Å². The van der Waals surface area contributed by atoms with E-state index in [1.54, 1.807) is 30.5 Å². The molecule has 0 aliphatic carbocycles. The van der Waals surface area contributed by atoms with E-state index < -0.39 is 0 Å². The van der Waals surface area contributed by atoms with Gasteiger partial charge in [0.2, 0.25) is 0 Å². The molecule has 0 radical (unpaired) electrons. The number of nitrogens with one attached hydrogen (secondary N) is 2. The van der Waals surface area contributed by atoms with E-state index in [1.165, 1.54) is 12.8 Å². The van der Waals surface area contributed by atoms with E-state index in [2.05, 4.69) is 19.9 Å². The highest BCUT2D eigenvalue weighted by Gasteiger charge is 2.35. The van der Waals surface area contributed by atoms with Gasteiger partial charge in [-0.15, -0.1) is 0 Å². The number of amides is 2. The maximum atomic E-state index is 12.9. The first kappa shape index (κ1) is 20.4. The summed E-state index contributed by atoms with van der Waals surface area (Å²) in [5, 5.41) is 5.91. The quantitative estimate of drug-likeness (QED) is 0.490. The fourth-order valence-corrected chi connectivity index (χ4v) is 6.15. The van der Waals surface area contributed by atoms with Crippen molar-refractivity contribution in [2.45, 2.75) is 18.9 Å². The van der Waals surface area contributed by atoms with Crippen LogP contribution in [-0.2, 0) is 0 Å². The van der Waals surface area contributed by atoms with Gasteiger partial charge in [-0.2, -0.15) is 0 Å². The highest BCUT2D eigenvalue weighted by Crippen LogP contribution is 2.31. The molecule has 33 heavy (non-hydrogen) atoms. The van der Waals surface area contributed by atoms with E-state index in [-0.39, 0.29) is 17.9 Å². The van der Waals surface area contributed by atoms with E-state index >= 15 is 0 Å². The van der Waals surface area contributed by atoms with Crippen molar-refractivity contribution in [1.29, 1.82) is 0 Å². The maximum absolute atomic E-state index is 12.9. The molecule has 0 saturated carbocycles. The summed E-state index contributed by atoms with van der Waals surface area (Å²) in [7, 11) is 1.62. The normalized spacial score (nSPS) is 22.0. The highest BCUT2D eigenvalue weighted by atomic mass is 32.1. The molecular weight excluding hydrogens is 434 g/mol. The van der Waals surface area contributed by atoms with E-state index in [0.29, 0.717) is 17.0 Å². The molecule has 7 nitrogen and oxygen atoms in total. The first-order valence-electron chi connectivity index (χ1n) is 11.4. The van der Waals surface area contributed by atoms with Gasteiger partial charge in [0.05, 0.1) is 15.9 Å². The van der Waals surface area contributed by atoms with Gasteiger partial charge >= 0.3 is 0 Å². The molecule has 2 aromatic heterocycles. The van der Waals surface area contributed by atoms with Crippen LogP contribution in [0.5, 0.6) is 0 Å². The van der Waals surface area contributed by atoms with Gasteiger partial charge in [-0.1, -0.05) is 23.5 Å². The van der Waals surface area contributed by atoms with Gasteiger partial charge < -0.3 is 15.5 Å². The summed E-state index contributed by atoms with van der Waals surface area (Å²) < 4.78 is 3.11. The van der Waals surface area contributed by atoms with E-state index in [4.69, 9.17) is 4.98 Å². The molecule has 1 atom stereocenters. The number of hydrogen-bond donors (Lipinski definition) is 2. The van der Waals surface area contributed by atoms with Crippen LogP contribution in [-0.4, -0.2) is 58.8 Å². The number of thiazole rings is 1. The van der Waals surface area contributed by atoms with Crippen LogP contribution in [0.15, 0.2) is 48.7 Å². The third-order valence-electron chi connectivity index (χ3n) is 7.00. The zero-order valence-electron chi connectivity index (χ0n) is 18.4. The number of fused-ring (bicyclic) bond motifs is 6. The Balaban J connectivity index is 1.24. The van der Waals surface area contributed by atoms with Crippen LogP contribution in [0.3, 0.4) is 0 Å². The Hall–Kier alpha value is -3.23. The monoisotopic (exact) mass is 459 g/mol. The second-order valence-corrected chi connectivity index (χ2v) is 9.95. The number of aromatic nitrogens is 2. The van der Waals surface area contributed by atoms with Gasteiger partial charge in [-0.25, -0.2) is 4.98 Å². The number of nitrogens with zero attached hydrogens (tertiary/aromatic N) is 3. The first-order valence-corrected chi connectivity index (χ1v) is 12.2. The van der Waals surface area contributed by atoms with Gasteiger partial charge in [0, 0.05) is 42.5 Å². The van der Waals surface area contributed by atoms with Gasteiger partial charge in [-0.05, 0) is 62.2 Å². The molecule has 2 amide bonds. The van der Waals surface area contributed by atoms with E-state index in [9.17, 15) is 9.59 Å². The molecule has 4 aromatic rings. The lowest BCUT2D eigenvalue weighted by Gasteiger charge is -2.44. The van der Waals surface area contributed by atoms with Crippen molar-refractivity contribution in [3.63, 3.8) is 0 Å². The minimum absolute atomic E-state index is 0.0126. The second-order valence-electron chi connectivity index (χ2n) is 8.94. The Morgan fingerprint density at radius 3 is 2.48 bits per heavy atom. The highest BCUT2D eigenvalue weighted by molar-refractivity contribution is 7.23. The molecule has 5 heterocycles. The van der Waals surface area contributed by atoms with Gasteiger partial charge in [-0.3, -0.25) is 14.0 Å². The lowest BCUT2D eigenvalue weighted by Crippen LogP contribution is -2.57. The van der Waals surface area contributed by atoms with Gasteiger partial charge in [0.15, 0.2) is 4.96 Å². The van der Waals surface area contributed by atoms with Crippen LogP contribution in [0.4, 0.5) is 0 Å². The Morgan fingerprint density at radius 2 is 1.79 bits per heavy atom. The second kappa shape index (κ2) is 7.97. The fourth-order valence-electron chi connectivity index (χ4n) is 5.10. The summed E-state index contributed by atoms with van der Waals surface area (Å²) in [5.41, 5.74) is 4.18.